The van der Waals surface area contributed by atoms with Crippen molar-refractivity contribution in [2.45, 2.75) is 67.5 Å². The van der Waals surface area contributed by atoms with E-state index >= 15 is 0 Å². The predicted octanol–water partition coefficient (Wildman–Crippen LogP) is 3.98. The van der Waals surface area contributed by atoms with Crippen LogP contribution in [0.3, 0.4) is 0 Å². The second-order valence-electron chi connectivity index (χ2n) is 10.1. The molecule has 0 aromatic heterocycles. The Kier molecular flexibility index (Phi) is 15.9. The number of alkyl carbamates (subject to hydrolysis) is 1. The fourth-order valence-electron chi connectivity index (χ4n) is 3.28. The number of hydrogen-bond acceptors (Lipinski definition) is 8. The average Bonchev–Trinajstić information content (AvgIpc) is 2.74. The number of ether oxygens (including phenoxy) is 4. The van der Waals surface area contributed by atoms with Crippen LogP contribution in [0.25, 0.3) is 0 Å². The molecule has 202 valence electrons. The molecular weight excluding hydrogens is 452 g/mol. The quantitative estimate of drug-likeness (QED) is 0.0959. The van der Waals surface area contributed by atoms with Crippen LogP contribution < -0.4 is 10.6 Å². The van der Waals surface area contributed by atoms with Crippen molar-refractivity contribution in [3.63, 3.8) is 0 Å². The van der Waals surface area contributed by atoms with Crippen molar-refractivity contribution in [2.24, 2.45) is 17.3 Å². The van der Waals surface area contributed by atoms with Crippen LogP contribution in [0.15, 0.2) is 24.3 Å². The number of rotatable bonds is 18. The zero-order chi connectivity index (χ0) is 27.0. The van der Waals surface area contributed by atoms with Crippen LogP contribution in [0.4, 0.5) is 4.79 Å². The van der Waals surface area contributed by atoms with Crippen LogP contribution in [-0.4, -0.2) is 63.8 Å². The molecule has 2 N–H and O–H groups in total. The van der Waals surface area contributed by atoms with Gasteiger partial charge in [-0.3, -0.25) is 5.32 Å². The number of carbonyl (C=O) groups is 3. The van der Waals surface area contributed by atoms with Gasteiger partial charge in [-0.25, -0.2) is 14.4 Å². The maximum atomic E-state index is 11.8. The molecule has 0 saturated heterocycles. The first kappa shape index (κ1) is 32.6. The standard InChI is InChI=1S/C26H46N2O7/c1-18(2)22(32-12-13-33-23(29)19(3)4)28-17-26(8,9)16-21(7)10-11-27-25(31)35-15-14-34-24(30)20(5)6/h18,21-22,28H,3,5,10-17H2,1-2,4,6-9H3,(H,27,31). The smallest absolute Gasteiger partial charge is 0.407 e. The molecule has 0 saturated carbocycles. The van der Waals surface area contributed by atoms with E-state index in [0.717, 1.165) is 19.4 Å². The highest BCUT2D eigenvalue weighted by molar-refractivity contribution is 5.87. The molecule has 0 spiro atoms. The van der Waals surface area contributed by atoms with E-state index in [9.17, 15) is 14.4 Å². The summed E-state index contributed by atoms with van der Waals surface area (Å²) in [4.78, 5) is 34.5. The van der Waals surface area contributed by atoms with Crippen molar-refractivity contribution >= 4 is 18.0 Å². The first-order chi connectivity index (χ1) is 16.2. The highest BCUT2D eigenvalue weighted by Gasteiger charge is 2.24. The summed E-state index contributed by atoms with van der Waals surface area (Å²) in [7, 11) is 0. The lowest BCUT2D eigenvalue weighted by atomic mass is 9.82. The van der Waals surface area contributed by atoms with Gasteiger partial charge in [-0.1, -0.05) is 47.8 Å². The van der Waals surface area contributed by atoms with Crippen LogP contribution in [-0.2, 0) is 28.5 Å². The fraction of sp³-hybridized carbons (Fsp3) is 0.731. The molecule has 0 aromatic rings. The Morgan fingerprint density at radius 3 is 1.89 bits per heavy atom. The zero-order valence-electron chi connectivity index (χ0n) is 22.7. The molecule has 9 heteroatoms. The first-order valence-corrected chi connectivity index (χ1v) is 12.2. The molecular formula is C26H46N2O7. The minimum absolute atomic E-state index is 0.00255. The number of nitrogens with one attached hydrogen (secondary N) is 2. The first-order valence-electron chi connectivity index (χ1n) is 12.2. The summed E-state index contributed by atoms with van der Waals surface area (Å²) < 4.78 is 20.8. The van der Waals surface area contributed by atoms with Gasteiger partial charge < -0.3 is 24.3 Å². The Balaban J connectivity index is 4.20. The highest BCUT2D eigenvalue weighted by Crippen LogP contribution is 2.26. The third kappa shape index (κ3) is 16.8. The Hall–Kier alpha value is -2.39. The van der Waals surface area contributed by atoms with E-state index in [0.29, 0.717) is 30.2 Å². The largest absolute Gasteiger partial charge is 0.460 e. The molecule has 0 radical (unpaired) electrons. The Morgan fingerprint density at radius 1 is 0.857 bits per heavy atom. The van der Waals surface area contributed by atoms with Crippen molar-refractivity contribution in [1.29, 1.82) is 0 Å². The molecule has 0 aliphatic heterocycles. The molecule has 9 nitrogen and oxygen atoms in total. The van der Waals surface area contributed by atoms with E-state index in [4.69, 9.17) is 18.9 Å². The number of esters is 2. The molecule has 2 unspecified atom stereocenters. The van der Waals surface area contributed by atoms with E-state index in [1.165, 1.54) is 0 Å². The molecule has 35 heavy (non-hydrogen) atoms. The second-order valence-corrected chi connectivity index (χ2v) is 10.1. The minimum atomic E-state index is -0.532. The van der Waals surface area contributed by atoms with Crippen molar-refractivity contribution < 1.29 is 33.3 Å². The van der Waals surface area contributed by atoms with E-state index in [2.05, 4.69) is 58.4 Å². The average molecular weight is 499 g/mol. The number of hydrogen-bond donors (Lipinski definition) is 2. The van der Waals surface area contributed by atoms with E-state index < -0.39 is 18.0 Å². The van der Waals surface area contributed by atoms with Crippen molar-refractivity contribution in [2.75, 3.05) is 39.5 Å². The van der Waals surface area contributed by atoms with Gasteiger partial charge in [0.15, 0.2) is 0 Å². The molecule has 0 aliphatic carbocycles. The van der Waals surface area contributed by atoms with Crippen molar-refractivity contribution in [3.05, 3.63) is 24.3 Å². The van der Waals surface area contributed by atoms with Gasteiger partial charge in [0.1, 0.15) is 26.0 Å². The number of amides is 1. The summed E-state index contributed by atoms with van der Waals surface area (Å²) in [6.07, 6.45) is 1.07. The summed E-state index contributed by atoms with van der Waals surface area (Å²) in [5.41, 5.74) is 0.680. The van der Waals surface area contributed by atoms with Crippen LogP contribution in [0.2, 0.25) is 0 Å². The van der Waals surface area contributed by atoms with Crippen molar-refractivity contribution in [3.8, 4) is 0 Å². The summed E-state index contributed by atoms with van der Waals surface area (Å²) >= 11 is 0. The van der Waals surface area contributed by atoms with Gasteiger partial charge in [-0.15, -0.1) is 0 Å². The third-order valence-electron chi connectivity index (χ3n) is 5.06. The van der Waals surface area contributed by atoms with Crippen molar-refractivity contribution in [1.82, 2.24) is 10.6 Å². The molecule has 2 atom stereocenters. The molecule has 0 aromatic carbocycles. The van der Waals surface area contributed by atoms with Gasteiger partial charge in [0.05, 0.1) is 6.61 Å². The SMILES string of the molecule is C=C(C)C(=O)OCCOC(=O)NCCC(C)CC(C)(C)CNC(OCCOC(=O)C(=C)C)C(C)C. The third-order valence-corrected chi connectivity index (χ3v) is 5.06. The molecule has 0 fully saturated rings. The van der Waals surface area contributed by atoms with Crippen LogP contribution >= 0.6 is 0 Å². The second kappa shape index (κ2) is 17.1. The van der Waals surface area contributed by atoms with Crippen LogP contribution in [0.5, 0.6) is 0 Å². The Morgan fingerprint density at radius 2 is 1.37 bits per heavy atom. The topological polar surface area (TPSA) is 112 Å². The van der Waals surface area contributed by atoms with Gasteiger partial charge in [0, 0.05) is 24.2 Å². The fourth-order valence-corrected chi connectivity index (χ4v) is 3.28. The lowest BCUT2D eigenvalue weighted by Gasteiger charge is -2.32. The minimum Gasteiger partial charge on any atom is -0.460 e. The van der Waals surface area contributed by atoms with Gasteiger partial charge in [-0.2, -0.15) is 0 Å². The van der Waals surface area contributed by atoms with E-state index in [-0.39, 0.29) is 37.4 Å². The summed E-state index contributed by atoms with van der Waals surface area (Å²) in [6, 6.07) is 0. The van der Waals surface area contributed by atoms with Gasteiger partial charge in [0.25, 0.3) is 0 Å². The molecule has 0 aliphatic rings. The van der Waals surface area contributed by atoms with Crippen LogP contribution in [0, 0.1) is 17.3 Å². The van der Waals surface area contributed by atoms with E-state index in [1.807, 2.05) is 0 Å². The lowest BCUT2D eigenvalue weighted by Crippen LogP contribution is -2.42. The van der Waals surface area contributed by atoms with Crippen LogP contribution in [0.1, 0.15) is 61.3 Å². The van der Waals surface area contributed by atoms with Gasteiger partial charge >= 0.3 is 18.0 Å². The molecule has 1 amide bonds. The molecule has 0 bridgehead atoms. The Labute approximate surface area is 211 Å². The van der Waals surface area contributed by atoms with Gasteiger partial charge in [0.2, 0.25) is 0 Å². The molecule has 0 heterocycles. The van der Waals surface area contributed by atoms with Gasteiger partial charge in [-0.05, 0) is 43.9 Å². The summed E-state index contributed by atoms with van der Waals surface area (Å²) in [6.45, 7) is 22.6. The maximum Gasteiger partial charge on any atom is 0.407 e. The number of carbonyl (C=O) groups excluding carboxylic acids is 3. The Bertz CT molecular complexity index is 704. The summed E-state index contributed by atoms with van der Waals surface area (Å²) in [5.74, 6) is -0.289. The van der Waals surface area contributed by atoms with E-state index in [1.54, 1.807) is 13.8 Å². The monoisotopic (exact) mass is 498 g/mol. The maximum absolute atomic E-state index is 11.8. The highest BCUT2D eigenvalue weighted by atomic mass is 16.6. The normalized spacial score (nSPS) is 13.0. The lowest BCUT2D eigenvalue weighted by molar-refractivity contribution is -0.142. The zero-order valence-corrected chi connectivity index (χ0v) is 22.7. The predicted molar refractivity (Wildman–Crippen MR) is 136 cm³/mol. The summed E-state index contributed by atoms with van der Waals surface area (Å²) in [5, 5.41) is 6.21. The molecule has 0 rings (SSSR count).